The van der Waals surface area contributed by atoms with E-state index in [0.717, 1.165) is 63.6 Å². The molecule has 2 fully saturated rings. The average molecular weight is 422 g/mol. The Morgan fingerprint density at radius 1 is 0.935 bits per heavy atom. The fraction of sp³-hybridized carbons (Fsp3) is 0.560. The highest BCUT2D eigenvalue weighted by molar-refractivity contribution is 5.76. The highest BCUT2D eigenvalue weighted by Gasteiger charge is 2.24. The molecule has 6 heteroatoms. The van der Waals surface area contributed by atoms with Crippen LogP contribution in [0.5, 0.6) is 0 Å². The molecule has 1 amide bonds. The van der Waals surface area contributed by atoms with Crippen molar-refractivity contribution in [1.29, 1.82) is 0 Å². The number of piperidine rings is 1. The van der Waals surface area contributed by atoms with Crippen molar-refractivity contribution in [1.82, 2.24) is 15.1 Å². The minimum atomic E-state index is 0.271. The molecular weight excluding hydrogens is 386 g/mol. The van der Waals surface area contributed by atoms with Gasteiger partial charge in [-0.2, -0.15) is 0 Å². The molecule has 2 aliphatic rings. The molecule has 2 aliphatic heterocycles. The lowest BCUT2D eigenvalue weighted by molar-refractivity contribution is -0.131. The number of nitrogens with zero attached hydrogens (tertiary/aromatic N) is 5. The molecule has 0 saturated carbocycles. The smallest absolute Gasteiger partial charge is 0.222 e. The summed E-state index contributed by atoms with van der Waals surface area (Å²) in [6.45, 7) is 6.50. The van der Waals surface area contributed by atoms with Crippen molar-refractivity contribution in [2.45, 2.75) is 57.9 Å². The fourth-order valence-electron chi connectivity index (χ4n) is 4.80. The predicted molar refractivity (Wildman–Crippen MR) is 125 cm³/mol. The molecule has 0 radical (unpaired) electrons. The molecule has 2 aromatic rings. The molecular formula is C25H35N5O. The Morgan fingerprint density at radius 2 is 1.68 bits per heavy atom. The van der Waals surface area contributed by atoms with Gasteiger partial charge in [-0.1, -0.05) is 37.3 Å². The molecule has 2 saturated heterocycles. The van der Waals surface area contributed by atoms with Crippen LogP contribution in [0.2, 0.25) is 0 Å². The van der Waals surface area contributed by atoms with Crippen LogP contribution in [-0.4, -0.2) is 59.8 Å². The van der Waals surface area contributed by atoms with Crippen LogP contribution in [0.15, 0.2) is 42.5 Å². The van der Waals surface area contributed by atoms with E-state index < -0.39 is 0 Å². The maximum Gasteiger partial charge on any atom is 0.222 e. The number of anilines is 2. The van der Waals surface area contributed by atoms with Gasteiger partial charge in [-0.05, 0) is 56.2 Å². The Hall–Kier alpha value is -2.63. The number of piperazine rings is 1. The summed E-state index contributed by atoms with van der Waals surface area (Å²) in [7, 11) is 0. The topological polar surface area (TPSA) is 52.6 Å². The van der Waals surface area contributed by atoms with Gasteiger partial charge < -0.3 is 14.7 Å². The van der Waals surface area contributed by atoms with Crippen molar-refractivity contribution in [2.75, 3.05) is 42.5 Å². The highest BCUT2D eigenvalue weighted by atomic mass is 16.2. The van der Waals surface area contributed by atoms with Crippen LogP contribution in [0, 0.1) is 0 Å². The first-order chi connectivity index (χ1) is 15.2. The first-order valence-corrected chi connectivity index (χ1v) is 11.9. The monoisotopic (exact) mass is 421 g/mol. The first kappa shape index (κ1) is 21.6. The van der Waals surface area contributed by atoms with Crippen molar-refractivity contribution in [3.8, 4) is 0 Å². The third-order valence-corrected chi connectivity index (χ3v) is 6.68. The lowest BCUT2D eigenvalue weighted by Gasteiger charge is -2.37. The summed E-state index contributed by atoms with van der Waals surface area (Å²) in [4.78, 5) is 19.3. The summed E-state index contributed by atoms with van der Waals surface area (Å²) in [5.41, 5.74) is 1.30. The quantitative estimate of drug-likeness (QED) is 0.678. The maximum atomic E-state index is 12.6. The van der Waals surface area contributed by atoms with E-state index in [1.54, 1.807) is 0 Å². The van der Waals surface area contributed by atoms with Crippen LogP contribution in [0.1, 0.15) is 51.0 Å². The Labute approximate surface area is 186 Å². The van der Waals surface area contributed by atoms with E-state index >= 15 is 0 Å². The summed E-state index contributed by atoms with van der Waals surface area (Å²) in [5, 5.41) is 9.08. The zero-order chi connectivity index (χ0) is 21.5. The normalized spacial score (nSPS) is 19.5. The summed E-state index contributed by atoms with van der Waals surface area (Å²) in [5.74, 6) is 2.19. The number of hydrogen-bond donors (Lipinski definition) is 0. The summed E-state index contributed by atoms with van der Waals surface area (Å²) in [6.07, 6.45) is 7.45. The molecule has 1 aromatic heterocycles. The van der Waals surface area contributed by atoms with Gasteiger partial charge in [-0.15, -0.1) is 10.2 Å². The molecule has 0 spiro atoms. The van der Waals surface area contributed by atoms with Gasteiger partial charge in [0.1, 0.15) is 0 Å². The van der Waals surface area contributed by atoms with E-state index in [-0.39, 0.29) is 5.91 Å². The lowest BCUT2D eigenvalue weighted by Crippen LogP contribution is -2.49. The second-order valence-corrected chi connectivity index (χ2v) is 8.71. The van der Waals surface area contributed by atoms with Gasteiger partial charge in [0.2, 0.25) is 5.91 Å². The molecule has 0 aliphatic carbocycles. The largest absolute Gasteiger partial charge is 0.352 e. The molecule has 6 nitrogen and oxygen atoms in total. The highest BCUT2D eigenvalue weighted by Crippen LogP contribution is 2.25. The fourth-order valence-corrected chi connectivity index (χ4v) is 4.80. The Morgan fingerprint density at radius 3 is 2.39 bits per heavy atom. The molecule has 3 heterocycles. The number of aromatic nitrogens is 2. The number of aryl methyl sites for hydroxylation is 1. The van der Waals surface area contributed by atoms with Crippen LogP contribution >= 0.6 is 0 Å². The second kappa shape index (κ2) is 10.6. The van der Waals surface area contributed by atoms with Gasteiger partial charge in [-0.3, -0.25) is 4.79 Å². The minimum Gasteiger partial charge on any atom is -0.352 e. The van der Waals surface area contributed by atoms with Crippen LogP contribution in [0.4, 0.5) is 11.6 Å². The van der Waals surface area contributed by atoms with E-state index in [4.69, 9.17) is 0 Å². The molecule has 0 bridgehead atoms. The number of carbonyl (C=O) groups excluding carboxylic acids is 1. The van der Waals surface area contributed by atoms with Crippen LogP contribution < -0.4 is 9.80 Å². The molecule has 1 atom stereocenters. The van der Waals surface area contributed by atoms with Crippen molar-refractivity contribution in [3.05, 3.63) is 48.0 Å². The van der Waals surface area contributed by atoms with Gasteiger partial charge >= 0.3 is 0 Å². The van der Waals surface area contributed by atoms with E-state index in [2.05, 4.69) is 63.3 Å². The van der Waals surface area contributed by atoms with Crippen LogP contribution in [0.25, 0.3) is 0 Å². The van der Waals surface area contributed by atoms with Crippen molar-refractivity contribution in [2.24, 2.45) is 0 Å². The standard InChI is InChI=1S/C25H35N5O/c1-2-22-12-6-7-16-30(22)24-15-14-23(26-27-24)28-17-19-29(20-18-28)25(31)13-8-11-21-9-4-3-5-10-21/h3-5,9-10,14-15,22H,2,6-8,11-13,16-20H2,1H3. The van der Waals surface area contributed by atoms with E-state index in [1.165, 1.54) is 24.8 Å². The van der Waals surface area contributed by atoms with Gasteiger partial charge in [-0.25, -0.2) is 0 Å². The number of amides is 1. The van der Waals surface area contributed by atoms with Crippen molar-refractivity contribution in [3.63, 3.8) is 0 Å². The summed E-state index contributed by atoms with van der Waals surface area (Å²) < 4.78 is 0. The zero-order valence-electron chi connectivity index (χ0n) is 18.7. The predicted octanol–water partition coefficient (Wildman–Crippen LogP) is 3.92. The molecule has 31 heavy (non-hydrogen) atoms. The first-order valence-electron chi connectivity index (χ1n) is 11.9. The SMILES string of the molecule is CCC1CCCCN1c1ccc(N2CCN(C(=O)CCCc3ccccc3)CC2)nn1. The summed E-state index contributed by atoms with van der Waals surface area (Å²) >= 11 is 0. The van der Waals surface area contributed by atoms with Gasteiger partial charge in [0.15, 0.2) is 11.6 Å². The molecule has 1 aromatic carbocycles. The van der Waals surface area contributed by atoms with Crippen LogP contribution in [0.3, 0.4) is 0 Å². The van der Waals surface area contributed by atoms with Gasteiger partial charge in [0.05, 0.1) is 0 Å². The molecule has 1 unspecified atom stereocenters. The van der Waals surface area contributed by atoms with Gasteiger partial charge in [0, 0.05) is 45.2 Å². The molecule has 0 N–H and O–H groups in total. The van der Waals surface area contributed by atoms with Crippen molar-refractivity contribution >= 4 is 17.5 Å². The van der Waals surface area contributed by atoms with E-state index in [0.29, 0.717) is 12.5 Å². The third-order valence-electron chi connectivity index (χ3n) is 6.68. The number of benzene rings is 1. The number of carbonyl (C=O) groups is 1. The molecule has 4 rings (SSSR count). The van der Waals surface area contributed by atoms with E-state index in [9.17, 15) is 4.79 Å². The van der Waals surface area contributed by atoms with E-state index in [1.807, 2.05) is 11.0 Å². The lowest BCUT2D eigenvalue weighted by atomic mass is 10.0. The molecule has 166 valence electrons. The minimum absolute atomic E-state index is 0.271. The Bertz CT molecular complexity index is 818. The Balaban J connectivity index is 1.24. The Kier molecular flexibility index (Phi) is 7.39. The van der Waals surface area contributed by atoms with Crippen molar-refractivity contribution < 1.29 is 4.79 Å². The third kappa shape index (κ3) is 5.54. The maximum absolute atomic E-state index is 12.6. The average Bonchev–Trinajstić information content (AvgIpc) is 2.85. The van der Waals surface area contributed by atoms with Crippen LogP contribution in [-0.2, 0) is 11.2 Å². The van der Waals surface area contributed by atoms with Gasteiger partial charge in [0.25, 0.3) is 0 Å². The number of hydrogen-bond acceptors (Lipinski definition) is 5. The second-order valence-electron chi connectivity index (χ2n) is 8.71. The zero-order valence-corrected chi connectivity index (χ0v) is 18.7. The summed E-state index contributed by atoms with van der Waals surface area (Å²) in [6, 6.07) is 15.2. The number of rotatable bonds is 7.